The van der Waals surface area contributed by atoms with Crippen LogP contribution in [0.3, 0.4) is 0 Å². The number of methoxy groups -OCH3 is 1. The lowest BCUT2D eigenvalue weighted by molar-refractivity contribution is 0.401. The zero-order valence-corrected chi connectivity index (χ0v) is 13.5. The lowest BCUT2D eigenvalue weighted by Crippen LogP contribution is -2.23. The van der Waals surface area contributed by atoms with Gasteiger partial charge in [-0.1, -0.05) is 19.1 Å². The zero-order valence-electron chi connectivity index (χ0n) is 13.5. The van der Waals surface area contributed by atoms with E-state index >= 15 is 0 Å². The van der Waals surface area contributed by atoms with Crippen LogP contribution in [0.15, 0.2) is 30.5 Å². The fourth-order valence-electron chi connectivity index (χ4n) is 2.67. The molecule has 0 bridgehead atoms. The van der Waals surface area contributed by atoms with Crippen molar-refractivity contribution in [1.82, 2.24) is 10.3 Å². The maximum atomic E-state index is 5.68. The molecule has 0 amide bonds. The molecule has 3 nitrogen and oxygen atoms in total. The minimum Gasteiger partial charge on any atom is -0.496 e. The van der Waals surface area contributed by atoms with Crippen molar-refractivity contribution in [1.29, 1.82) is 0 Å². The molecule has 1 atom stereocenters. The normalized spacial score (nSPS) is 12.2. The summed E-state index contributed by atoms with van der Waals surface area (Å²) in [5.41, 5.74) is 5.86. The fraction of sp³-hybridized carbons (Fsp3) is 0.389. The molecule has 1 aromatic carbocycles. The van der Waals surface area contributed by atoms with Gasteiger partial charge in [-0.25, -0.2) is 0 Å². The molecule has 0 aliphatic carbocycles. The molecule has 1 aromatic heterocycles. The molecule has 0 spiro atoms. The number of ether oxygens (including phenoxy) is 1. The van der Waals surface area contributed by atoms with Gasteiger partial charge >= 0.3 is 0 Å². The average molecular weight is 284 g/mol. The van der Waals surface area contributed by atoms with Gasteiger partial charge in [0.15, 0.2) is 0 Å². The summed E-state index contributed by atoms with van der Waals surface area (Å²) in [5, 5.41) is 3.56. The van der Waals surface area contributed by atoms with E-state index in [0.717, 1.165) is 18.0 Å². The number of nitrogens with zero attached hydrogens (tertiary/aromatic N) is 1. The van der Waals surface area contributed by atoms with Crippen LogP contribution in [-0.2, 0) is 0 Å². The number of hydrogen-bond acceptors (Lipinski definition) is 3. The number of aryl methyl sites for hydroxylation is 2. The summed E-state index contributed by atoms with van der Waals surface area (Å²) in [7, 11) is 1.74. The monoisotopic (exact) mass is 284 g/mol. The van der Waals surface area contributed by atoms with Gasteiger partial charge in [-0.05, 0) is 56.1 Å². The number of benzene rings is 1. The lowest BCUT2D eigenvalue weighted by atomic mass is 9.94. The highest BCUT2D eigenvalue weighted by molar-refractivity contribution is 5.49. The molecule has 0 aliphatic heterocycles. The van der Waals surface area contributed by atoms with E-state index in [1.165, 1.54) is 22.3 Å². The van der Waals surface area contributed by atoms with Crippen molar-refractivity contribution < 1.29 is 4.74 Å². The number of aromatic nitrogens is 1. The lowest BCUT2D eigenvalue weighted by Gasteiger charge is -2.23. The minimum absolute atomic E-state index is 0.117. The van der Waals surface area contributed by atoms with Crippen LogP contribution in [0, 0.1) is 20.8 Å². The van der Waals surface area contributed by atoms with Crippen LogP contribution in [0.2, 0.25) is 0 Å². The third kappa shape index (κ3) is 3.24. The van der Waals surface area contributed by atoms with Crippen LogP contribution in [0.5, 0.6) is 5.75 Å². The smallest absolute Gasteiger partial charge is 0.127 e. The quantitative estimate of drug-likeness (QED) is 0.908. The molecule has 1 unspecified atom stereocenters. The highest BCUT2D eigenvalue weighted by atomic mass is 16.5. The molecule has 0 radical (unpaired) electrons. The van der Waals surface area contributed by atoms with E-state index in [1.54, 1.807) is 7.11 Å². The van der Waals surface area contributed by atoms with Crippen LogP contribution in [0.1, 0.15) is 40.9 Å². The molecule has 0 saturated heterocycles. The van der Waals surface area contributed by atoms with Gasteiger partial charge in [-0.15, -0.1) is 0 Å². The first-order valence-corrected chi connectivity index (χ1v) is 7.38. The van der Waals surface area contributed by atoms with Crippen LogP contribution >= 0.6 is 0 Å². The Hall–Kier alpha value is -1.87. The second-order valence-corrected chi connectivity index (χ2v) is 5.35. The van der Waals surface area contributed by atoms with Crippen molar-refractivity contribution in [2.24, 2.45) is 0 Å². The van der Waals surface area contributed by atoms with E-state index in [9.17, 15) is 0 Å². The Morgan fingerprint density at radius 3 is 2.57 bits per heavy atom. The molecule has 2 rings (SSSR count). The van der Waals surface area contributed by atoms with E-state index in [2.05, 4.69) is 55.3 Å². The Morgan fingerprint density at radius 1 is 1.19 bits per heavy atom. The SMILES string of the molecule is CCNC(c1ccnc(C)c1)c1ccc(C)c(C)c1OC. The van der Waals surface area contributed by atoms with E-state index in [-0.39, 0.29) is 6.04 Å². The largest absolute Gasteiger partial charge is 0.496 e. The van der Waals surface area contributed by atoms with Crippen molar-refractivity contribution >= 4 is 0 Å². The van der Waals surface area contributed by atoms with Crippen LogP contribution in [0.25, 0.3) is 0 Å². The summed E-state index contributed by atoms with van der Waals surface area (Å²) in [6.07, 6.45) is 1.86. The predicted molar refractivity (Wildman–Crippen MR) is 87.0 cm³/mol. The Bertz CT molecular complexity index is 623. The van der Waals surface area contributed by atoms with E-state index in [4.69, 9.17) is 4.74 Å². The molecule has 0 aliphatic rings. The van der Waals surface area contributed by atoms with Crippen molar-refractivity contribution in [3.8, 4) is 5.75 Å². The first kappa shape index (κ1) is 15.5. The molecular weight excluding hydrogens is 260 g/mol. The Morgan fingerprint density at radius 2 is 1.95 bits per heavy atom. The summed E-state index contributed by atoms with van der Waals surface area (Å²) < 4.78 is 5.68. The molecule has 3 heteroatoms. The van der Waals surface area contributed by atoms with Crippen molar-refractivity contribution in [2.75, 3.05) is 13.7 Å². The predicted octanol–water partition coefficient (Wildman–Crippen LogP) is 3.71. The van der Waals surface area contributed by atoms with Crippen molar-refractivity contribution in [3.05, 3.63) is 58.4 Å². The van der Waals surface area contributed by atoms with Gasteiger partial charge in [0.25, 0.3) is 0 Å². The molecule has 0 saturated carbocycles. The third-order valence-electron chi connectivity index (χ3n) is 3.88. The van der Waals surface area contributed by atoms with E-state index in [1.807, 2.05) is 13.1 Å². The van der Waals surface area contributed by atoms with Gasteiger partial charge < -0.3 is 10.1 Å². The fourth-order valence-corrected chi connectivity index (χ4v) is 2.67. The zero-order chi connectivity index (χ0) is 15.4. The maximum Gasteiger partial charge on any atom is 0.127 e. The summed E-state index contributed by atoms with van der Waals surface area (Å²) in [6, 6.07) is 8.62. The highest BCUT2D eigenvalue weighted by Gasteiger charge is 2.19. The minimum atomic E-state index is 0.117. The van der Waals surface area contributed by atoms with Gasteiger partial charge in [0.2, 0.25) is 0 Å². The topological polar surface area (TPSA) is 34.2 Å². The Kier molecular flexibility index (Phi) is 4.97. The average Bonchev–Trinajstić information content (AvgIpc) is 2.48. The highest BCUT2D eigenvalue weighted by Crippen LogP contribution is 2.34. The molecule has 0 fully saturated rings. The van der Waals surface area contributed by atoms with Gasteiger partial charge in [0.05, 0.1) is 13.2 Å². The van der Waals surface area contributed by atoms with Crippen molar-refractivity contribution in [3.63, 3.8) is 0 Å². The first-order chi connectivity index (χ1) is 10.1. The summed E-state index contributed by atoms with van der Waals surface area (Å²) in [4.78, 5) is 4.29. The standard InChI is InChI=1S/C18H24N2O/c1-6-19-17(15-9-10-20-13(3)11-15)16-8-7-12(2)14(4)18(16)21-5/h7-11,17,19H,6H2,1-5H3. The maximum absolute atomic E-state index is 5.68. The summed E-state index contributed by atoms with van der Waals surface area (Å²) in [6.45, 7) is 9.25. The first-order valence-electron chi connectivity index (χ1n) is 7.38. The Labute approximate surface area is 127 Å². The van der Waals surface area contributed by atoms with E-state index < -0.39 is 0 Å². The van der Waals surface area contributed by atoms with Gasteiger partial charge in [0, 0.05) is 17.5 Å². The van der Waals surface area contributed by atoms with Crippen molar-refractivity contribution in [2.45, 2.75) is 33.7 Å². The van der Waals surface area contributed by atoms with Crippen LogP contribution < -0.4 is 10.1 Å². The van der Waals surface area contributed by atoms with Gasteiger partial charge in [0.1, 0.15) is 5.75 Å². The third-order valence-corrected chi connectivity index (χ3v) is 3.88. The molecular formula is C18H24N2O. The number of hydrogen-bond donors (Lipinski definition) is 1. The second-order valence-electron chi connectivity index (χ2n) is 5.35. The summed E-state index contributed by atoms with van der Waals surface area (Å²) >= 11 is 0. The molecule has 2 aromatic rings. The number of nitrogens with one attached hydrogen (secondary N) is 1. The van der Waals surface area contributed by atoms with Crippen LogP contribution in [-0.4, -0.2) is 18.6 Å². The second kappa shape index (κ2) is 6.72. The van der Waals surface area contributed by atoms with E-state index in [0.29, 0.717) is 0 Å². The molecule has 21 heavy (non-hydrogen) atoms. The Balaban J connectivity index is 2.55. The summed E-state index contributed by atoms with van der Waals surface area (Å²) in [5.74, 6) is 0.968. The molecule has 1 heterocycles. The number of pyridine rings is 1. The number of rotatable bonds is 5. The molecule has 1 N–H and O–H groups in total. The molecule has 112 valence electrons. The van der Waals surface area contributed by atoms with Gasteiger partial charge in [-0.2, -0.15) is 0 Å². The van der Waals surface area contributed by atoms with Crippen LogP contribution in [0.4, 0.5) is 0 Å². The van der Waals surface area contributed by atoms with Gasteiger partial charge in [-0.3, -0.25) is 4.98 Å².